The van der Waals surface area contributed by atoms with Crippen LogP contribution in [0.25, 0.3) is 0 Å². The van der Waals surface area contributed by atoms with Gasteiger partial charge in [-0.15, -0.1) is 0 Å². The van der Waals surface area contributed by atoms with Crippen molar-refractivity contribution in [3.63, 3.8) is 0 Å². The molecule has 49 valence electrons. The molecule has 2 heteroatoms. The lowest BCUT2D eigenvalue weighted by atomic mass is 10.2. The van der Waals surface area contributed by atoms with Crippen LogP contribution in [0.1, 0.15) is 26.2 Å². The molecule has 0 rings (SSSR count). The Hall–Kier alpha value is -0.140. The van der Waals surface area contributed by atoms with E-state index < -0.39 is 6.43 Å². The second kappa shape index (κ2) is 5.01. The highest BCUT2D eigenvalue weighted by Crippen LogP contribution is 2.04. The molecule has 0 saturated heterocycles. The average Bonchev–Trinajstić information content (AvgIpc) is 1.66. The molecule has 0 atom stereocenters. The number of hydrogen-bond acceptors (Lipinski definition) is 0. The van der Waals surface area contributed by atoms with Crippen LogP contribution in [0.4, 0.5) is 8.78 Å². The molecule has 0 aromatic rings. The Morgan fingerprint density at radius 1 is 1.50 bits per heavy atom. The topological polar surface area (TPSA) is 0 Å². The van der Waals surface area contributed by atoms with Gasteiger partial charge in [0.1, 0.15) is 0 Å². The summed E-state index contributed by atoms with van der Waals surface area (Å²) in [5.41, 5.74) is 0. The van der Waals surface area contributed by atoms with Gasteiger partial charge in [-0.3, -0.25) is 0 Å². The van der Waals surface area contributed by atoms with Crippen LogP contribution in [0.2, 0.25) is 0 Å². The molecule has 0 saturated carbocycles. The van der Waals surface area contributed by atoms with Gasteiger partial charge < -0.3 is 0 Å². The van der Waals surface area contributed by atoms with Crippen molar-refractivity contribution in [3.8, 4) is 0 Å². The third-order valence-electron chi connectivity index (χ3n) is 0.838. The van der Waals surface area contributed by atoms with E-state index in [4.69, 9.17) is 0 Å². The molecular formula is C6H11F2. The molecule has 0 aliphatic rings. The summed E-state index contributed by atoms with van der Waals surface area (Å²) < 4.78 is 22.7. The summed E-state index contributed by atoms with van der Waals surface area (Å²) in [7, 11) is 0. The third-order valence-corrected chi connectivity index (χ3v) is 0.838. The summed E-state index contributed by atoms with van der Waals surface area (Å²) in [6.45, 7) is 1.97. The van der Waals surface area contributed by atoms with E-state index in [1.807, 2.05) is 6.92 Å². The van der Waals surface area contributed by atoms with Gasteiger partial charge >= 0.3 is 0 Å². The first kappa shape index (κ1) is 7.86. The van der Waals surface area contributed by atoms with Crippen LogP contribution < -0.4 is 0 Å². The van der Waals surface area contributed by atoms with E-state index in [1.54, 1.807) is 6.42 Å². The fourth-order valence-electron chi connectivity index (χ4n) is 0.448. The van der Waals surface area contributed by atoms with Crippen LogP contribution in [-0.2, 0) is 0 Å². The molecule has 1 radical (unpaired) electrons. The highest BCUT2D eigenvalue weighted by atomic mass is 19.3. The molecule has 0 aromatic heterocycles. The molecule has 8 heavy (non-hydrogen) atoms. The molecule has 0 N–H and O–H groups in total. The van der Waals surface area contributed by atoms with Gasteiger partial charge in [0.25, 0.3) is 0 Å². The second-order valence-electron chi connectivity index (χ2n) is 1.70. The lowest BCUT2D eigenvalue weighted by molar-refractivity contribution is 0.146. The van der Waals surface area contributed by atoms with E-state index in [0.717, 1.165) is 12.8 Å². The Bertz CT molecular complexity index is 43.8. The van der Waals surface area contributed by atoms with Gasteiger partial charge in [-0.25, -0.2) is 8.78 Å². The smallest absolute Gasteiger partial charge is 0.211 e. The lowest BCUT2D eigenvalue weighted by Gasteiger charge is -1.94. The van der Waals surface area contributed by atoms with Gasteiger partial charge in [-0.1, -0.05) is 19.8 Å². The van der Waals surface area contributed by atoms with Crippen molar-refractivity contribution < 1.29 is 8.78 Å². The highest BCUT2D eigenvalue weighted by Gasteiger charge is 1.99. The SMILES string of the molecule is CCC[CH]CC(F)F. The van der Waals surface area contributed by atoms with Crippen molar-refractivity contribution >= 4 is 0 Å². The molecule has 0 fully saturated rings. The van der Waals surface area contributed by atoms with Crippen LogP contribution >= 0.6 is 0 Å². The summed E-state index contributed by atoms with van der Waals surface area (Å²) in [6.07, 6.45) is 1.21. The number of hydrogen-bond donors (Lipinski definition) is 0. The fraction of sp³-hybridized carbons (Fsp3) is 0.833. The zero-order valence-electron chi connectivity index (χ0n) is 5.03. The standard InChI is InChI=1S/C6H11F2/c1-2-3-4-5-6(7)8/h4,6H,2-3,5H2,1H3. The second-order valence-corrected chi connectivity index (χ2v) is 1.70. The van der Waals surface area contributed by atoms with Crippen molar-refractivity contribution in [3.05, 3.63) is 6.42 Å². The molecule has 0 aliphatic heterocycles. The molecule has 0 heterocycles. The Labute approximate surface area is 48.9 Å². The van der Waals surface area contributed by atoms with E-state index >= 15 is 0 Å². The maximum absolute atomic E-state index is 11.3. The number of rotatable bonds is 4. The van der Waals surface area contributed by atoms with Gasteiger partial charge in [-0.05, 0) is 6.42 Å². The van der Waals surface area contributed by atoms with Crippen molar-refractivity contribution in [2.75, 3.05) is 0 Å². The Kier molecular flexibility index (Phi) is 4.92. The van der Waals surface area contributed by atoms with Crippen LogP contribution in [-0.4, -0.2) is 6.43 Å². The van der Waals surface area contributed by atoms with Gasteiger partial charge in [0.05, 0.1) is 0 Å². The molecule has 0 unspecified atom stereocenters. The molecule has 0 bridgehead atoms. The molecule has 0 nitrogen and oxygen atoms in total. The summed E-state index contributed by atoms with van der Waals surface area (Å²) in [6, 6.07) is 0. The summed E-state index contributed by atoms with van der Waals surface area (Å²) in [4.78, 5) is 0. The van der Waals surface area contributed by atoms with Crippen LogP contribution in [0.15, 0.2) is 0 Å². The Morgan fingerprint density at radius 3 is 2.50 bits per heavy atom. The molecule has 0 amide bonds. The summed E-state index contributed by atoms with van der Waals surface area (Å²) >= 11 is 0. The molecule has 0 aromatic carbocycles. The Morgan fingerprint density at radius 2 is 2.12 bits per heavy atom. The minimum absolute atomic E-state index is 0.0478. The largest absolute Gasteiger partial charge is 0.238 e. The zero-order chi connectivity index (χ0) is 6.41. The van der Waals surface area contributed by atoms with E-state index in [0.29, 0.717) is 0 Å². The van der Waals surface area contributed by atoms with Gasteiger partial charge in [0.15, 0.2) is 0 Å². The first-order valence-corrected chi connectivity index (χ1v) is 2.87. The predicted octanol–water partition coefficient (Wildman–Crippen LogP) is 2.65. The van der Waals surface area contributed by atoms with Gasteiger partial charge in [-0.2, -0.15) is 0 Å². The quantitative estimate of drug-likeness (QED) is 0.501. The number of halogens is 2. The van der Waals surface area contributed by atoms with Crippen molar-refractivity contribution in [1.82, 2.24) is 0 Å². The van der Waals surface area contributed by atoms with Crippen LogP contribution in [0, 0.1) is 6.42 Å². The molecule has 0 aliphatic carbocycles. The van der Waals surface area contributed by atoms with Gasteiger partial charge in [0.2, 0.25) is 6.43 Å². The fourth-order valence-corrected chi connectivity index (χ4v) is 0.448. The monoisotopic (exact) mass is 121 g/mol. The zero-order valence-corrected chi connectivity index (χ0v) is 5.03. The minimum atomic E-state index is -2.15. The van der Waals surface area contributed by atoms with E-state index in [2.05, 4.69) is 0 Å². The average molecular weight is 121 g/mol. The third kappa shape index (κ3) is 5.86. The van der Waals surface area contributed by atoms with Crippen LogP contribution in [0.3, 0.4) is 0 Å². The highest BCUT2D eigenvalue weighted by molar-refractivity contribution is 4.63. The predicted molar refractivity (Wildman–Crippen MR) is 29.8 cm³/mol. The Balaban J connectivity index is 2.72. The van der Waals surface area contributed by atoms with Crippen molar-refractivity contribution in [2.24, 2.45) is 0 Å². The first-order chi connectivity index (χ1) is 3.77. The van der Waals surface area contributed by atoms with Crippen LogP contribution in [0.5, 0.6) is 0 Å². The molecular weight excluding hydrogens is 110 g/mol. The van der Waals surface area contributed by atoms with Crippen molar-refractivity contribution in [2.45, 2.75) is 32.6 Å². The molecule has 0 spiro atoms. The van der Waals surface area contributed by atoms with E-state index in [9.17, 15) is 8.78 Å². The van der Waals surface area contributed by atoms with Crippen molar-refractivity contribution in [1.29, 1.82) is 0 Å². The minimum Gasteiger partial charge on any atom is -0.211 e. The summed E-state index contributed by atoms with van der Waals surface area (Å²) in [5.74, 6) is 0. The van der Waals surface area contributed by atoms with E-state index in [-0.39, 0.29) is 6.42 Å². The maximum atomic E-state index is 11.3. The number of alkyl halides is 2. The van der Waals surface area contributed by atoms with Gasteiger partial charge in [0, 0.05) is 6.42 Å². The van der Waals surface area contributed by atoms with E-state index in [1.165, 1.54) is 0 Å². The normalized spacial score (nSPS) is 10.5. The first-order valence-electron chi connectivity index (χ1n) is 2.87. The summed E-state index contributed by atoms with van der Waals surface area (Å²) in [5, 5.41) is 0. The lowest BCUT2D eigenvalue weighted by Crippen LogP contribution is -1.89. The number of unbranched alkanes of at least 4 members (excludes halogenated alkanes) is 2. The maximum Gasteiger partial charge on any atom is 0.238 e.